The van der Waals surface area contributed by atoms with Crippen LogP contribution in [0.2, 0.25) is 4.34 Å². The Morgan fingerprint density at radius 1 is 1.19 bits per heavy atom. The van der Waals surface area contributed by atoms with Crippen LogP contribution < -0.4 is 5.32 Å². The van der Waals surface area contributed by atoms with E-state index in [1.54, 1.807) is 12.1 Å². The van der Waals surface area contributed by atoms with Gasteiger partial charge in [0.1, 0.15) is 0 Å². The predicted octanol–water partition coefficient (Wildman–Crippen LogP) is 3.63. The van der Waals surface area contributed by atoms with E-state index in [2.05, 4.69) is 15.5 Å². The van der Waals surface area contributed by atoms with E-state index in [1.807, 2.05) is 30.3 Å². The average molecular weight is 320 g/mol. The van der Waals surface area contributed by atoms with Gasteiger partial charge in [0.05, 0.1) is 15.6 Å². The molecular formula is C14H10ClN3O2S. The van der Waals surface area contributed by atoms with Gasteiger partial charge < -0.3 is 4.42 Å². The first-order valence-corrected chi connectivity index (χ1v) is 7.33. The number of rotatable bonds is 4. The lowest BCUT2D eigenvalue weighted by molar-refractivity contribution is 0.102. The number of benzene rings is 1. The van der Waals surface area contributed by atoms with Crippen molar-refractivity contribution in [2.24, 2.45) is 0 Å². The van der Waals surface area contributed by atoms with Crippen LogP contribution in [0.5, 0.6) is 0 Å². The smallest absolute Gasteiger partial charge is 0.322 e. The second-order valence-corrected chi connectivity index (χ2v) is 5.94. The van der Waals surface area contributed by atoms with Gasteiger partial charge in [0, 0.05) is 0 Å². The van der Waals surface area contributed by atoms with E-state index in [0.717, 1.165) is 5.56 Å². The molecule has 2 aromatic heterocycles. The molecule has 106 valence electrons. The molecule has 0 atom stereocenters. The van der Waals surface area contributed by atoms with Crippen molar-refractivity contribution in [3.05, 3.63) is 63.1 Å². The van der Waals surface area contributed by atoms with Crippen molar-refractivity contribution in [1.29, 1.82) is 0 Å². The molecule has 3 rings (SSSR count). The van der Waals surface area contributed by atoms with Crippen LogP contribution in [0.1, 0.15) is 21.1 Å². The highest BCUT2D eigenvalue weighted by Crippen LogP contribution is 2.22. The SMILES string of the molecule is O=C(Nc1nnc(Cc2ccccc2)o1)c1ccc(Cl)s1. The molecule has 0 saturated carbocycles. The van der Waals surface area contributed by atoms with Gasteiger partial charge >= 0.3 is 6.01 Å². The van der Waals surface area contributed by atoms with Gasteiger partial charge in [0.15, 0.2) is 0 Å². The molecule has 0 unspecified atom stereocenters. The molecule has 1 amide bonds. The minimum atomic E-state index is -0.318. The molecule has 3 aromatic rings. The average Bonchev–Trinajstić information content (AvgIpc) is 3.09. The second-order valence-electron chi connectivity index (χ2n) is 4.22. The van der Waals surface area contributed by atoms with E-state index >= 15 is 0 Å². The van der Waals surface area contributed by atoms with Crippen molar-refractivity contribution in [1.82, 2.24) is 10.2 Å². The highest BCUT2D eigenvalue weighted by molar-refractivity contribution is 7.18. The first-order chi connectivity index (χ1) is 10.2. The van der Waals surface area contributed by atoms with E-state index < -0.39 is 0 Å². The zero-order valence-corrected chi connectivity index (χ0v) is 12.3. The normalized spacial score (nSPS) is 10.5. The molecule has 0 radical (unpaired) electrons. The third-order valence-corrected chi connectivity index (χ3v) is 3.91. The summed E-state index contributed by atoms with van der Waals surface area (Å²) in [5, 5.41) is 10.3. The van der Waals surface area contributed by atoms with E-state index in [0.29, 0.717) is 21.5 Å². The fourth-order valence-corrected chi connectivity index (χ4v) is 2.68. The second kappa shape index (κ2) is 6.07. The largest absolute Gasteiger partial charge is 0.407 e. The van der Waals surface area contributed by atoms with Gasteiger partial charge in [-0.15, -0.1) is 16.4 Å². The van der Waals surface area contributed by atoms with E-state index in [9.17, 15) is 4.79 Å². The Hall–Kier alpha value is -2.18. The molecule has 21 heavy (non-hydrogen) atoms. The summed E-state index contributed by atoms with van der Waals surface area (Å²) < 4.78 is 5.96. The summed E-state index contributed by atoms with van der Waals surface area (Å²) >= 11 is 6.98. The fraction of sp³-hybridized carbons (Fsp3) is 0.0714. The van der Waals surface area contributed by atoms with Crippen molar-refractivity contribution in [2.75, 3.05) is 5.32 Å². The van der Waals surface area contributed by atoms with Gasteiger partial charge in [-0.05, 0) is 17.7 Å². The van der Waals surface area contributed by atoms with Crippen molar-refractivity contribution >= 4 is 34.9 Å². The summed E-state index contributed by atoms with van der Waals surface area (Å²) in [5.74, 6) is 0.127. The molecule has 0 bridgehead atoms. The number of hydrogen-bond acceptors (Lipinski definition) is 5. The number of hydrogen-bond donors (Lipinski definition) is 1. The summed E-state index contributed by atoms with van der Waals surface area (Å²) in [6, 6.07) is 13.1. The number of amides is 1. The number of anilines is 1. The summed E-state index contributed by atoms with van der Waals surface area (Å²) in [5.41, 5.74) is 1.06. The molecule has 2 heterocycles. The molecule has 0 fully saturated rings. The lowest BCUT2D eigenvalue weighted by Crippen LogP contribution is -2.10. The predicted molar refractivity (Wildman–Crippen MR) is 80.8 cm³/mol. The summed E-state index contributed by atoms with van der Waals surface area (Å²) in [7, 11) is 0. The van der Waals surface area contributed by atoms with Crippen LogP contribution in [-0.2, 0) is 6.42 Å². The van der Waals surface area contributed by atoms with Crippen LogP contribution in [-0.4, -0.2) is 16.1 Å². The quantitative estimate of drug-likeness (QED) is 0.797. The molecule has 0 saturated heterocycles. The highest BCUT2D eigenvalue weighted by Gasteiger charge is 2.13. The number of carbonyl (C=O) groups excluding carboxylic acids is 1. The summed E-state index contributed by atoms with van der Waals surface area (Å²) in [6.07, 6.45) is 0.522. The first-order valence-electron chi connectivity index (χ1n) is 6.14. The maximum atomic E-state index is 11.9. The lowest BCUT2D eigenvalue weighted by atomic mass is 10.2. The molecule has 0 spiro atoms. The fourth-order valence-electron chi connectivity index (χ4n) is 1.74. The molecule has 1 aromatic carbocycles. The topological polar surface area (TPSA) is 68.0 Å². The Morgan fingerprint density at radius 2 is 2.00 bits per heavy atom. The van der Waals surface area contributed by atoms with E-state index in [1.165, 1.54) is 11.3 Å². The van der Waals surface area contributed by atoms with E-state index in [4.69, 9.17) is 16.0 Å². The minimum absolute atomic E-state index is 0.0791. The number of carbonyl (C=O) groups is 1. The molecular weight excluding hydrogens is 310 g/mol. The van der Waals surface area contributed by atoms with Gasteiger partial charge in [-0.1, -0.05) is 47.0 Å². The van der Waals surface area contributed by atoms with Crippen molar-refractivity contribution in [3.8, 4) is 0 Å². The number of aromatic nitrogens is 2. The third kappa shape index (κ3) is 3.48. The Kier molecular flexibility index (Phi) is 3.98. The van der Waals surface area contributed by atoms with Crippen molar-refractivity contribution in [3.63, 3.8) is 0 Å². The molecule has 7 heteroatoms. The minimum Gasteiger partial charge on any atom is -0.407 e. The number of thiophene rings is 1. The highest BCUT2D eigenvalue weighted by atomic mass is 35.5. The standard InChI is InChI=1S/C14H10ClN3O2S/c15-11-7-6-10(21-11)13(19)16-14-18-17-12(20-14)8-9-4-2-1-3-5-9/h1-7H,8H2,(H,16,18,19). The zero-order valence-electron chi connectivity index (χ0n) is 10.7. The van der Waals surface area contributed by atoms with Crippen LogP contribution in [0.25, 0.3) is 0 Å². The Morgan fingerprint density at radius 3 is 2.71 bits per heavy atom. The van der Waals surface area contributed by atoms with Crippen LogP contribution in [0.15, 0.2) is 46.9 Å². The Labute approximate surface area is 129 Å². The zero-order chi connectivity index (χ0) is 14.7. The van der Waals surface area contributed by atoms with Crippen LogP contribution in [0.3, 0.4) is 0 Å². The summed E-state index contributed by atoms with van der Waals surface area (Å²) in [6.45, 7) is 0. The number of nitrogens with one attached hydrogen (secondary N) is 1. The molecule has 0 aliphatic carbocycles. The monoisotopic (exact) mass is 319 g/mol. The lowest BCUT2D eigenvalue weighted by Gasteiger charge is -1.97. The third-order valence-electron chi connectivity index (χ3n) is 2.68. The number of nitrogens with zero attached hydrogens (tertiary/aromatic N) is 2. The van der Waals surface area contributed by atoms with Gasteiger partial charge in [-0.2, -0.15) is 0 Å². The maximum absolute atomic E-state index is 11.9. The van der Waals surface area contributed by atoms with E-state index in [-0.39, 0.29) is 11.9 Å². The van der Waals surface area contributed by atoms with Gasteiger partial charge in [-0.3, -0.25) is 10.1 Å². The molecule has 1 N–H and O–H groups in total. The van der Waals surface area contributed by atoms with Crippen molar-refractivity contribution < 1.29 is 9.21 Å². The Balaban J connectivity index is 1.66. The molecule has 5 nitrogen and oxygen atoms in total. The maximum Gasteiger partial charge on any atom is 0.322 e. The first kappa shape index (κ1) is 13.8. The Bertz CT molecular complexity index is 754. The molecule has 0 aliphatic heterocycles. The van der Waals surface area contributed by atoms with Crippen LogP contribution in [0.4, 0.5) is 6.01 Å². The van der Waals surface area contributed by atoms with Gasteiger partial charge in [0.25, 0.3) is 5.91 Å². The van der Waals surface area contributed by atoms with Gasteiger partial charge in [-0.25, -0.2) is 0 Å². The number of halogens is 1. The summed E-state index contributed by atoms with van der Waals surface area (Å²) in [4.78, 5) is 12.4. The van der Waals surface area contributed by atoms with Crippen LogP contribution in [0, 0.1) is 0 Å². The molecule has 0 aliphatic rings. The van der Waals surface area contributed by atoms with Crippen molar-refractivity contribution in [2.45, 2.75) is 6.42 Å². The van der Waals surface area contributed by atoms with Crippen LogP contribution >= 0.6 is 22.9 Å². The van der Waals surface area contributed by atoms with Gasteiger partial charge in [0.2, 0.25) is 5.89 Å².